The van der Waals surface area contributed by atoms with E-state index in [9.17, 15) is 0 Å². The summed E-state index contributed by atoms with van der Waals surface area (Å²) in [5, 5.41) is 0.818. The Morgan fingerprint density at radius 1 is 1.47 bits per heavy atom. The first kappa shape index (κ1) is 12.8. The van der Waals surface area contributed by atoms with E-state index in [-0.39, 0.29) is 0 Å². The summed E-state index contributed by atoms with van der Waals surface area (Å²) in [6, 6.07) is 6.41. The monoisotopic (exact) mass is 250 g/mol. The van der Waals surface area contributed by atoms with Gasteiger partial charge in [-0.1, -0.05) is 19.1 Å². The van der Waals surface area contributed by atoms with Crippen molar-refractivity contribution < 1.29 is 0 Å². The molecule has 1 saturated heterocycles. The second-order valence-corrected chi connectivity index (χ2v) is 6.24. The number of anilines is 1. The van der Waals surface area contributed by atoms with Crippen LogP contribution in [0.4, 0.5) is 5.69 Å². The Morgan fingerprint density at radius 3 is 3.00 bits per heavy atom. The molecule has 1 fully saturated rings. The van der Waals surface area contributed by atoms with Crippen LogP contribution in [0.5, 0.6) is 0 Å². The molecule has 0 saturated carbocycles. The molecule has 1 heterocycles. The first-order valence-electron chi connectivity index (χ1n) is 6.38. The van der Waals surface area contributed by atoms with Gasteiger partial charge in [0.15, 0.2) is 0 Å². The van der Waals surface area contributed by atoms with Crippen molar-refractivity contribution in [3.63, 3.8) is 0 Å². The summed E-state index contributed by atoms with van der Waals surface area (Å²) < 4.78 is 0. The smallest absolute Gasteiger partial charge is 0.0343 e. The Morgan fingerprint density at radius 2 is 2.29 bits per heavy atom. The Bertz CT molecular complexity index is 378. The minimum atomic E-state index is 0.818. The van der Waals surface area contributed by atoms with Gasteiger partial charge >= 0.3 is 0 Å². The highest BCUT2D eigenvalue weighted by molar-refractivity contribution is 8.00. The summed E-state index contributed by atoms with van der Waals surface area (Å²) in [4.78, 5) is 2.57. The number of benzene rings is 1. The molecule has 0 spiro atoms. The highest BCUT2D eigenvalue weighted by Crippen LogP contribution is 2.23. The van der Waals surface area contributed by atoms with Crippen LogP contribution in [0.15, 0.2) is 18.2 Å². The van der Waals surface area contributed by atoms with Gasteiger partial charge in [-0.05, 0) is 30.5 Å². The molecule has 94 valence electrons. The van der Waals surface area contributed by atoms with Gasteiger partial charge < -0.3 is 5.73 Å². The second kappa shape index (κ2) is 5.78. The van der Waals surface area contributed by atoms with Crippen LogP contribution in [0.2, 0.25) is 0 Å². The SMILES string of the molecule is CCC1CN(Cc2ccc(N)c(C)c2)CCS1. The largest absolute Gasteiger partial charge is 0.399 e. The lowest BCUT2D eigenvalue weighted by molar-refractivity contribution is 0.273. The molecule has 0 aromatic heterocycles. The minimum Gasteiger partial charge on any atom is -0.399 e. The Hall–Kier alpha value is -0.670. The lowest BCUT2D eigenvalue weighted by atomic mass is 10.1. The van der Waals surface area contributed by atoms with Crippen molar-refractivity contribution in [2.75, 3.05) is 24.6 Å². The average Bonchev–Trinajstić information content (AvgIpc) is 2.34. The molecule has 17 heavy (non-hydrogen) atoms. The normalized spacial score (nSPS) is 21.6. The molecule has 1 aromatic carbocycles. The van der Waals surface area contributed by atoms with E-state index in [1.54, 1.807) is 0 Å². The molecule has 1 aliphatic rings. The Balaban J connectivity index is 1.97. The maximum Gasteiger partial charge on any atom is 0.0343 e. The zero-order valence-electron chi connectivity index (χ0n) is 10.8. The second-order valence-electron chi connectivity index (χ2n) is 4.83. The standard InChI is InChI=1S/C14H22N2S/c1-3-13-10-16(6-7-17-13)9-12-4-5-14(15)11(2)8-12/h4-5,8,13H,3,6-7,9-10,15H2,1-2H3. The molecule has 0 aliphatic carbocycles. The first-order chi connectivity index (χ1) is 8.19. The van der Waals surface area contributed by atoms with Crippen LogP contribution < -0.4 is 5.73 Å². The van der Waals surface area contributed by atoms with Crippen LogP contribution in [0, 0.1) is 6.92 Å². The van der Waals surface area contributed by atoms with Gasteiger partial charge in [0, 0.05) is 36.3 Å². The lowest BCUT2D eigenvalue weighted by Crippen LogP contribution is -2.37. The van der Waals surface area contributed by atoms with Crippen LogP contribution in [0.1, 0.15) is 24.5 Å². The number of aryl methyl sites for hydroxylation is 1. The molecular weight excluding hydrogens is 228 g/mol. The van der Waals surface area contributed by atoms with Gasteiger partial charge in [0.2, 0.25) is 0 Å². The van der Waals surface area contributed by atoms with Gasteiger partial charge in [0.05, 0.1) is 0 Å². The van der Waals surface area contributed by atoms with Crippen LogP contribution >= 0.6 is 11.8 Å². The molecular formula is C14H22N2S. The fourth-order valence-electron chi connectivity index (χ4n) is 2.27. The van der Waals surface area contributed by atoms with E-state index in [1.807, 2.05) is 6.07 Å². The highest BCUT2D eigenvalue weighted by Gasteiger charge is 2.18. The number of rotatable bonds is 3. The summed E-state index contributed by atoms with van der Waals surface area (Å²) >= 11 is 2.12. The predicted molar refractivity (Wildman–Crippen MR) is 77.4 cm³/mol. The summed E-state index contributed by atoms with van der Waals surface area (Å²) in [6.45, 7) is 7.88. The van der Waals surface area contributed by atoms with E-state index in [4.69, 9.17) is 5.73 Å². The molecule has 0 amide bonds. The molecule has 1 unspecified atom stereocenters. The summed E-state index contributed by atoms with van der Waals surface area (Å²) in [5.74, 6) is 1.27. The van der Waals surface area contributed by atoms with E-state index in [1.165, 1.54) is 36.4 Å². The van der Waals surface area contributed by atoms with Crippen LogP contribution in [0.3, 0.4) is 0 Å². The summed E-state index contributed by atoms with van der Waals surface area (Å²) in [6.07, 6.45) is 1.28. The van der Waals surface area contributed by atoms with Crippen LogP contribution in [-0.4, -0.2) is 29.0 Å². The fourth-order valence-corrected chi connectivity index (χ4v) is 3.51. The van der Waals surface area contributed by atoms with Crippen molar-refractivity contribution in [1.82, 2.24) is 4.90 Å². The van der Waals surface area contributed by atoms with Gasteiger partial charge in [-0.15, -0.1) is 0 Å². The Labute approximate surface area is 109 Å². The van der Waals surface area contributed by atoms with Gasteiger partial charge in [-0.25, -0.2) is 0 Å². The fraction of sp³-hybridized carbons (Fsp3) is 0.571. The maximum absolute atomic E-state index is 5.85. The molecule has 1 aromatic rings. The zero-order chi connectivity index (χ0) is 12.3. The first-order valence-corrected chi connectivity index (χ1v) is 7.43. The third-order valence-corrected chi connectivity index (χ3v) is 4.79. The van der Waals surface area contributed by atoms with Crippen molar-refractivity contribution in [2.24, 2.45) is 0 Å². The van der Waals surface area contributed by atoms with E-state index >= 15 is 0 Å². The number of hydrogen-bond donors (Lipinski definition) is 1. The van der Waals surface area contributed by atoms with E-state index in [0.29, 0.717) is 0 Å². The van der Waals surface area contributed by atoms with Crippen molar-refractivity contribution in [1.29, 1.82) is 0 Å². The van der Waals surface area contributed by atoms with Crippen molar-refractivity contribution in [3.8, 4) is 0 Å². The molecule has 1 aliphatic heterocycles. The van der Waals surface area contributed by atoms with Gasteiger partial charge in [0.25, 0.3) is 0 Å². The van der Waals surface area contributed by atoms with Crippen LogP contribution in [0.25, 0.3) is 0 Å². The number of thioether (sulfide) groups is 1. The number of nitrogen functional groups attached to an aromatic ring is 1. The highest BCUT2D eigenvalue weighted by atomic mass is 32.2. The summed E-state index contributed by atoms with van der Waals surface area (Å²) in [7, 11) is 0. The minimum absolute atomic E-state index is 0.818. The van der Waals surface area contributed by atoms with E-state index < -0.39 is 0 Å². The third kappa shape index (κ3) is 3.39. The molecule has 0 radical (unpaired) electrons. The maximum atomic E-state index is 5.85. The number of nitrogens with two attached hydrogens (primary N) is 1. The predicted octanol–water partition coefficient (Wildman–Crippen LogP) is 2.90. The van der Waals surface area contributed by atoms with Crippen LogP contribution in [-0.2, 0) is 6.54 Å². The third-order valence-electron chi connectivity index (χ3n) is 3.42. The van der Waals surface area contributed by atoms with E-state index in [0.717, 1.165) is 17.5 Å². The lowest BCUT2D eigenvalue weighted by Gasteiger charge is -2.31. The molecule has 2 nitrogen and oxygen atoms in total. The van der Waals surface area contributed by atoms with Crippen molar-refractivity contribution in [2.45, 2.75) is 32.1 Å². The quantitative estimate of drug-likeness (QED) is 0.836. The van der Waals surface area contributed by atoms with E-state index in [2.05, 4.69) is 42.6 Å². The van der Waals surface area contributed by atoms with Gasteiger partial charge in [-0.2, -0.15) is 11.8 Å². The number of nitrogens with zero attached hydrogens (tertiary/aromatic N) is 1. The molecule has 2 rings (SSSR count). The van der Waals surface area contributed by atoms with Crippen molar-refractivity contribution in [3.05, 3.63) is 29.3 Å². The molecule has 0 bridgehead atoms. The van der Waals surface area contributed by atoms with Gasteiger partial charge in [0.1, 0.15) is 0 Å². The Kier molecular flexibility index (Phi) is 4.35. The molecule has 3 heteroatoms. The molecule has 2 N–H and O–H groups in total. The topological polar surface area (TPSA) is 29.3 Å². The summed E-state index contributed by atoms with van der Waals surface area (Å²) in [5.41, 5.74) is 9.33. The van der Waals surface area contributed by atoms with Crippen molar-refractivity contribution >= 4 is 17.4 Å². The molecule has 1 atom stereocenters. The number of hydrogen-bond acceptors (Lipinski definition) is 3. The average molecular weight is 250 g/mol. The van der Waals surface area contributed by atoms with Gasteiger partial charge in [-0.3, -0.25) is 4.90 Å². The zero-order valence-corrected chi connectivity index (χ0v) is 11.6.